The molecule has 0 bridgehead atoms. The highest BCUT2D eigenvalue weighted by atomic mass is 16.4. The van der Waals surface area contributed by atoms with Crippen molar-refractivity contribution in [1.82, 2.24) is 15.1 Å². The molecule has 6 nitrogen and oxygen atoms in total. The van der Waals surface area contributed by atoms with E-state index in [9.17, 15) is 9.90 Å². The lowest BCUT2D eigenvalue weighted by molar-refractivity contribution is 0.0696. The Morgan fingerprint density at radius 1 is 1.32 bits per heavy atom. The van der Waals surface area contributed by atoms with Crippen LogP contribution in [-0.2, 0) is 0 Å². The first kappa shape index (κ1) is 12.3. The largest absolute Gasteiger partial charge is 0.478 e. The Balaban J connectivity index is 1.81. The number of hydrogen-bond acceptors (Lipinski definition) is 5. The molecule has 1 aromatic heterocycles. The van der Waals surface area contributed by atoms with Crippen molar-refractivity contribution in [2.75, 3.05) is 31.1 Å². The van der Waals surface area contributed by atoms with E-state index in [1.807, 2.05) is 0 Å². The van der Waals surface area contributed by atoms with Crippen molar-refractivity contribution < 1.29 is 9.90 Å². The number of anilines is 1. The van der Waals surface area contributed by atoms with Gasteiger partial charge < -0.3 is 10.0 Å². The number of aromatic carboxylic acids is 1. The molecular weight excluding hydrogens is 244 g/mol. The predicted molar refractivity (Wildman–Crippen MR) is 70.4 cm³/mol. The number of carboxylic acids is 1. The van der Waals surface area contributed by atoms with Crippen LogP contribution in [0.15, 0.2) is 12.3 Å². The quantitative estimate of drug-likeness (QED) is 0.852. The Bertz CT molecular complexity index is 479. The van der Waals surface area contributed by atoms with Crippen molar-refractivity contribution in [3.8, 4) is 0 Å². The van der Waals surface area contributed by atoms with Crippen molar-refractivity contribution in [2.24, 2.45) is 0 Å². The second-order valence-corrected chi connectivity index (χ2v) is 5.21. The standard InChI is InChI=1S/C13H18N4O2/c18-13(19)11-4-5-14-15-12(11)17-8-7-16-6-2-1-3-10(16)9-17/h4-5,10H,1-3,6-9H2,(H,18,19). The molecule has 102 valence electrons. The predicted octanol–water partition coefficient (Wildman–Crippen LogP) is 0.849. The number of carbonyl (C=O) groups is 1. The zero-order valence-electron chi connectivity index (χ0n) is 10.8. The Kier molecular flexibility index (Phi) is 3.33. The molecule has 2 saturated heterocycles. The average Bonchev–Trinajstić information content (AvgIpc) is 2.46. The van der Waals surface area contributed by atoms with Crippen LogP contribution < -0.4 is 4.90 Å². The summed E-state index contributed by atoms with van der Waals surface area (Å²) in [6.07, 6.45) is 5.17. The SMILES string of the molecule is O=C(O)c1ccnnc1N1CCN2CCCCC2C1. The molecule has 1 N–H and O–H groups in total. The summed E-state index contributed by atoms with van der Waals surface area (Å²) in [5, 5.41) is 17.1. The maximum absolute atomic E-state index is 11.2. The minimum absolute atomic E-state index is 0.249. The Hall–Kier alpha value is -1.69. The fourth-order valence-corrected chi connectivity index (χ4v) is 3.07. The van der Waals surface area contributed by atoms with E-state index in [4.69, 9.17) is 0 Å². The molecule has 0 amide bonds. The zero-order chi connectivity index (χ0) is 13.2. The average molecular weight is 262 g/mol. The molecule has 0 radical (unpaired) electrons. The summed E-state index contributed by atoms with van der Waals surface area (Å²) in [5.41, 5.74) is 0.249. The molecule has 0 saturated carbocycles. The van der Waals surface area contributed by atoms with Crippen LogP contribution >= 0.6 is 0 Å². The first-order chi connectivity index (χ1) is 9.25. The summed E-state index contributed by atoms with van der Waals surface area (Å²) in [6.45, 7) is 3.85. The lowest BCUT2D eigenvalue weighted by Crippen LogP contribution is -2.55. The van der Waals surface area contributed by atoms with Gasteiger partial charge >= 0.3 is 5.97 Å². The third-order valence-electron chi connectivity index (χ3n) is 4.07. The van der Waals surface area contributed by atoms with Gasteiger partial charge in [-0.2, -0.15) is 5.10 Å². The van der Waals surface area contributed by atoms with Crippen molar-refractivity contribution in [3.63, 3.8) is 0 Å². The van der Waals surface area contributed by atoms with E-state index in [-0.39, 0.29) is 5.56 Å². The van der Waals surface area contributed by atoms with E-state index in [0.29, 0.717) is 11.9 Å². The van der Waals surface area contributed by atoms with Crippen molar-refractivity contribution in [3.05, 3.63) is 17.8 Å². The highest BCUT2D eigenvalue weighted by molar-refractivity contribution is 5.93. The third kappa shape index (κ3) is 2.40. The number of rotatable bonds is 2. The van der Waals surface area contributed by atoms with Crippen molar-refractivity contribution >= 4 is 11.8 Å². The van der Waals surface area contributed by atoms with Gasteiger partial charge in [0.2, 0.25) is 0 Å². The van der Waals surface area contributed by atoms with Crippen LogP contribution in [0.25, 0.3) is 0 Å². The fraction of sp³-hybridized carbons (Fsp3) is 0.615. The van der Waals surface area contributed by atoms with Gasteiger partial charge in [-0.05, 0) is 25.5 Å². The van der Waals surface area contributed by atoms with Gasteiger partial charge in [0, 0.05) is 25.7 Å². The molecule has 6 heteroatoms. The van der Waals surface area contributed by atoms with E-state index < -0.39 is 5.97 Å². The molecule has 2 fully saturated rings. The molecule has 1 aromatic rings. The zero-order valence-corrected chi connectivity index (χ0v) is 10.8. The molecule has 1 unspecified atom stereocenters. The molecule has 0 spiro atoms. The molecular formula is C13H18N4O2. The molecule has 3 rings (SSSR count). The molecule has 19 heavy (non-hydrogen) atoms. The minimum atomic E-state index is -0.934. The first-order valence-corrected chi connectivity index (χ1v) is 6.79. The summed E-state index contributed by atoms with van der Waals surface area (Å²) < 4.78 is 0. The molecule has 0 aliphatic carbocycles. The van der Waals surface area contributed by atoms with Crippen LogP contribution in [0.3, 0.4) is 0 Å². The Morgan fingerprint density at radius 3 is 3.05 bits per heavy atom. The lowest BCUT2D eigenvalue weighted by atomic mass is 9.99. The molecule has 3 heterocycles. The second kappa shape index (κ2) is 5.13. The van der Waals surface area contributed by atoms with Crippen LogP contribution in [-0.4, -0.2) is 58.4 Å². The van der Waals surface area contributed by atoms with Crippen molar-refractivity contribution in [1.29, 1.82) is 0 Å². The summed E-state index contributed by atoms with van der Waals surface area (Å²) in [6, 6.07) is 2.06. The number of carboxylic acid groups (broad SMARTS) is 1. The highest BCUT2D eigenvalue weighted by Gasteiger charge is 2.31. The molecule has 0 aromatic carbocycles. The van der Waals surface area contributed by atoms with Crippen LogP contribution in [0, 0.1) is 0 Å². The monoisotopic (exact) mass is 262 g/mol. The van der Waals surface area contributed by atoms with Crippen LogP contribution in [0.2, 0.25) is 0 Å². The van der Waals surface area contributed by atoms with E-state index in [0.717, 1.165) is 19.6 Å². The summed E-state index contributed by atoms with van der Waals surface area (Å²) in [4.78, 5) is 15.8. The van der Waals surface area contributed by atoms with Gasteiger partial charge in [0.05, 0.1) is 6.20 Å². The van der Waals surface area contributed by atoms with Gasteiger partial charge in [-0.25, -0.2) is 4.79 Å². The van der Waals surface area contributed by atoms with Crippen LogP contribution in [0.4, 0.5) is 5.82 Å². The fourth-order valence-electron chi connectivity index (χ4n) is 3.07. The maximum atomic E-state index is 11.2. The third-order valence-corrected chi connectivity index (χ3v) is 4.07. The number of nitrogens with zero attached hydrogens (tertiary/aromatic N) is 4. The highest BCUT2D eigenvalue weighted by Crippen LogP contribution is 2.25. The number of hydrogen-bond donors (Lipinski definition) is 1. The summed E-state index contributed by atoms with van der Waals surface area (Å²) in [5.74, 6) is -0.420. The maximum Gasteiger partial charge on any atom is 0.339 e. The van der Waals surface area contributed by atoms with Gasteiger partial charge in [-0.15, -0.1) is 5.10 Å². The Morgan fingerprint density at radius 2 is 2.21 bits per heavy atom. The van der Waals surface area contributed by atoms with E-state index in [2.05, 4.69) is 20.0 Å². The first-order valence-electron chi connectivity index (χ1n) is 6.79. The number of fused-ring (bicyclic) bond motifs is 1. The minimum Gasteiger partial charge on any atom is -0.478 e. The van der Waals surface area contributed by atoms with Gasteiger partial charge in [0.25, 0.3) is 0 Å². The van der Waals surface area contributed by atoms with Gasteiger partial charge in [-0.3, -0.25) is 4.90 Å². The second-order valence-electron chi connectivity index (χ2n) is 5.21. The van der Waals surface area contributed by atoms with Gasteiger partial charge in [-0.1, -0.05) is 6.42 Å². The number of piperazine rings is 1. The van der Waals surface area contributed by atoms with Gasteiger partial charge in [0.15, 0.2) is 5.82 Å². The summed E-state index contributed by atoms with van der Waals surface area (Å²) >= 11 is 0. The smallest absolute Gasteiger partial charge is 0.339 e. The number of aromatic nitrogens is 2. The lowest BCUT2D eigenvalue weighted by Gasteiger charge is -2.44. The van der Waals surface area contributed by atoms with Crippen LogP contribution in [0.5, 0.6) is 0 Å². The van der Waals surface area contributed by atoms with E-state index in [1.54, 1.807) is 0 Å². The van der Waals surface area contributed by atoms with Crippen LogP contribution in [0.1, 0.15) is 29.6 Å². The molecule has 2 aliphatic heterocycles. The molecule has 1 atom stereocenters. The van der Waals surface area contributed by atoms with E-state index >= 15 is 0 Å². The van der Waals surface area contributed by atoms with Crippen molar-refractivity contribution in [2.45, 2.75) is 25.3 Å². The van der Waals surface area contributed by atoms with E-state index in [1.165, 1.54) is 38.1 Å². The topological polar surface area (TPSA) is 69.6 Å². The number of piperidine rings is 1. The Labute approximate surface area is 112 Å². The van der Waals surface area contributed by atoms with Gasteiger partial charge in [0.1, 0.15) is 5.56 Å². The normalized spacial score (nSPS) is 24.0. The molecule has 2 aliphatic rings. The summed E-state index contributed by atoms with van der Waals surface area (Å²) in [7, 11) is 0.